The van der Waals surface area contributed by atoms with Gasteiger partial charge in [-0.15, -0.1) is 0 Å². The quantitative estimate of drug-likeness (QED) is 0.763. The molecule has 1 heterocycles. The van der Waals surface area contributed by atoms with Gasteiger partial charge in [0.05, 0.1) is 11.8 Å². The largest absolute Gasteiger partial charge is 0.478 e. The predicted octanol–water partition coefficient (Wildman–Crippen LogP) is 3.92. The van der Waals surface area contributed by atoms with Crippen molar-refractivity contribution < 1.29 is 18.7 Å². The molecule has 3 rings (SSSR count). The molecule has 5 nitrogen and oxygen atoms in total. The van der Waals surface area contributed by atoms with Crippen molar-refractivity contribution in [1.29, 1.82) is 0 Å². The second-order valence-electron chi connectivity index (χ2n) is 4.55. The van der Waals surface area contributed by atoms with Crippen molar-refractivity contribution in [3.8, 4) is 11.3 Å². The number of oxazole rings is 1. The third-order valence-corrected chi connectivity index (χ3v) is 3.00. The summed E-state index contributed by atoms with van der Waals surface area (Å²) in [6.07, 6.45) is 1.51. The third-order valence-electron chi connectivity index (χ3n) is 3.00. The number of carbonyl (C=O) groups is 1. The van der Waals surface area contributed by atoms with Crippen LogP contribution >= 0.6 is 0 Å². The highest BCUT2D eigenvalue weighted by molar-refractivity contribution is 5.88. The van der Waals surface area contributed by atoms with Gasteiger partial charge in [0.1, 0.15) is 5.82 Å². The number of carboxylic acids is 1. The minimum absolute atomic E-state index is 0.196. The first-order valence-corrected chi connectivity index (χ1v) is 6.44. The van der Waals surface area contributed by atoms with E-state index in [2.05, 4.69) is 10.3 Å². The van der Waals surface area contributed by atoms with Gasteiger partial charge >= 0.3 is 5.97 Å². The SMILES string of the molecule is O=C(O)c1ccc(-c2cnc(Nc3cccc(F)c3)o2)cc1. The summed E-state index contributed by atoms with van der Waals surface area (Å²) in [6, 6.07) is 12.4. The van der Waals surface area contributed by atoms with Gasteiger partial charge in [0.15, 0.2) is 5.76 Å². The van der Waals surface area contributed by atoms with Crippen LogP contribution < -0.4 is 5.32 Å². The van der Waals surface area contributed by atoms with Crippen LogP contribution in [0.25, 0.3) is 11.3 Å². The number of halogens is 1. The Kier molecular flexibility index (Phi) is 3.57. The van der Waals surface area contributed by atoms with E-state index in [9.17, 15) is 9.18 Å². The van der Waals surface area contributed by atoms with Crippen molar-refractivity contribution in [2.45, 2.75) is 0 Å². The molecular weight excluding hydrogens is 287 g/mol. The molecule has 0 atom stereocenters. The summed E-state index contributed by atoms with van der Waals surface area (Å²) < 4.78 is 18.6. The highest BCUT2D eigenvalue weighted by Gasteiger charge is 2.08. The Morgan fingerprint density at radius 2 is 1.95 bits per heavy atom. The molecule has 0 radical (unpaired) electrons. The van der Waals surface area contributed by atoms with Crippen LogP contribution in [0.5, 0.6) is 0 Å². The smallest absolute Gasteiger partial charge is 0.335 e. The van der Waals surface area contributed by atoms with Gasteiger partial charge in [-0.2, -0.15) is 0 Å². The molecule has 22 heavy (non-hydrogen) atoms. The minimum atomic E-state index is -0.988. The maximum atomic E-state index is 13.1. The molecule has 3 aromatic rings. The predicted molar refractivity (Wildman–Crippen MR) is 78.6 cm³/mol. The van der Waals surface area contributed by atoms with Gasteiger partial charge in [0.2, 0.25) is 0 Å². The number of hydrogen-bond donors (Lipinski definition) is 2. The molecule has 0 aliphatic heterocycles. The van der Waals surface area contributed by atoms with Gasteiger partial charge < -0.3 is 14.8 Å². The molecule has 0 spiro atoms. The maximum Gasteiger partial charge on any atom is 0.335 e. The second kappa shape index (κ2) is 5.69. The molecule has 0 aliphatic rings. The summed E-state index contributed by atoms with van der Waals surface area (Å²) in [7, 11) is 0. The molecule has 0 saturated carbocycles. The Labute approximate surface area is 125 Å². The van der Waals surface area contributed by atoms with Crippen molar-refractivity contribution in [2.24, 2.45) is 0 Å². The van der Waals surface area contributed by atoms with Crippen LogP contribution in [0.3, 0.4) is 0 Å². The van der Waals surface area contributed by atoms with Crippen LogP contribution in [0.2, 0.25) is 0 Å². The lowest BCUT2D eigenvalue weighted by Crippen LogP contribution is -1.94. The van der Waals surface area contributed by atoms with Crippen molar-refractivity contribution >= 4 is 17.7 Å². The number of carboxylic acid groups (broad SMARTS) is 1. The van der Waals surface area contributed by atoms with Crippen LogP contribution in [0.4, 0.5) is 16.1 Å². The van der Waals surface area contributed by atoms with Crippen molar-refractivity contribution in [2.75, 3.05) is 5.32 Å². The van der Waals surface area contributed by atoms with Crippen LogP contribution in [0.1, 0.15) is 10.4 Å². The molecule has 0 aliphatic carbocycles. The summed E-state index contributed by atoms with van der Waals surface area (Å²) >= 11 is 0. The summed E-state index contributed by atoms with van der Waals surface area (Å²) in [5.74, 6) is -0.866. The summed E-state index contributed by atoms with van der Waals surface area (Å²) in [4.78, 5) is 14.9. The van der Waals surface area contributed by atoms with Gasteiger partial charge in [-0.1, -0.05) is 18.2 Å². The standard InChI is InChI=1S/C16H11FN2O3/c17-12-2-1-3-13(8-12)19-16-18-9-14(22-16)10-4-6-11(7-5-10)15(20)21/h1-9H,(H,18,19)(H,20,21). The van der Waals surface area contributed by atoms with E-state index < -0.39 is 5.97 Å². The number of benzene rings is 2. The lowest BCUT2D eigenvalue weighted by Gasteiger charge is -2.01. The lowest BCUT2D eigenvalue weighted by atomic mass is 10.1. The lowest BCUT2D eigenvalue weighted by molar-refractivity contribution is 0.0697. The number of nitrogens with zero attached hydrogens (tertiary/aromatic N) is 1. The zero-order valence-electron chi connectivity index (χ0n) is 11.3. The Hall–Kier alpha value is -3.15. The molecule has 0 saturated heterocycles. The van der Waals surface area contributed by atoms with E-state index in [1.165, 1.54) is 30.5 Å². The first-order valence-electron chi connectivity index (χ1n) is 6.44. The number of rotatable bonds is 4. The summed E-state index contributed by atoms with van der Waals surface area (Å²) in [5.41, 5.74) is 1.42. The number of aromatic carboxylic acids is 1. The molecule has 2 N–H and O–H groups in total. The highest BCUT2D eigenvalue weighted by Crippen LogP contribution is 2.25. The fourth-order valence-electron chi connectivity index (χ4n) is 1.93. The van der Waals surface area contributed by atoms with E-state index in [0.29, 0.717) is 17.0 Å². The fourth-order valence-corrected chi connectivity index (χ4v) is 1.93. The minimum Gasteiger partial charge on any atom is -0.478 e. The molecule has 0 unspecified atom stereocenters. The Bertz CT molecular complexity index is 812. The van der Waals surface area contributed by atoms with Gasteiger partial charge in [0, 0.05) is 11.3 Å². The second-order valence-corrected chi connectivity index (χ2v) is 4.55. The molecule has 0 bridgehead atoms. The monoisotopic (exact) mass is 298 g/mol. The van der Waals surface area contributed by atoms with E-state index in [1.807, 2.05) is 0 Å². The number of nitrogens with one attached hydrogen (secondary N) is 1. The number of hydrogen-bond acceptors (Lipinski definition) is 4. The summed E-state index contributed by atoms with van der Waals surface area (Å²) in [5, 5.41) is 11.7. The van der Waals surface area contributed by atoms with Crippen LogP contribution in [-0.4, -0.2) is 16.1 Å². The average Bonchev–Trinajstić information content (AvgIpc) is 2.96. The Balaban J connectivity index is 1.80. The molecule has 110 valence electrons. The van der Waals surface area contributed by atoms with E-state index in [4.69, 9.17) is 9.52 Å². The molecule has 1 aromatic heterocycles. The zero-order chi connectivity index (χ0) is 15.5. The third kappa shape index (κ3) is 2.95. The van der Waals surface area contributed by atoms with Crippen LogP contribution in [0.15, 0.2) is 59.1 Å². The number of aromatic nitrogens is 1. The van der Waals surface area contributed by atoms with Gasteiger partial charge in [-0.05, 0) is 30.3 Å². The first-order chi connectivity index (χ1) is 10.6. The zero-order valence-corrected chi connectivity index (χ0v) is 11.3. The average molecular weight is 298 g/mol. The number of anilines is 2. The molecule has 2 aromatic carbocycles. The first kappa shape index (κ1) is 13.8. The van der Waals surface area contributed by atoms with Crippen molar-refractivity contribution in [1.82, 2.24) is 4.98 Å². The van der Waals surface area contributed by atoms with E-state index in [1.54, 1.807) is 24.3 Å². The van der Waals surface area contributed by atoms with Crippen molar-refractivity contribution in [3.05, 3.63) is 66.1 Å². The van der Waals surface area contributed by atoms with E-state index in [0.717, 1.165) is 0 Å². The van der Waals surface area contributed by atoms with Gasteiger partial charge in [0.25, 0.3) is 6.01 Å². The highest BCUT2D eigenvalue weighted by atomic mass is 19.1. The van der Waals surface area contributed by atoms with Crippen molar-refractivity contribution in [3.63, 3.8) is 0 Å². The molecule has 0 fully saturated rings. The normalized spacial score (nSPS) is 10.4. The molecular formula is C16H11FN2O3. The molecule has 0 amide bonds. The maximum absolute atomic E-state index is 13.1. The van der Waals surface area contributed by atoms with Gasteiger partial charge in [-0.25, -0.2) is 14.2 Å². The topological polar surface area (TPSA) is 75.4 Å². The van der Waals surface area contributed by atoms with Crippen LogP contribution in [-0.2, 0) is 0 Å². The van der Waals surface area contributed by atoms with E-state index in [-0.39, 0.29) is 17.4 Å². The Morgan fingerprint density at radius 1 is 1.18 bits per heavy atom. The van der Waals surface area contributed by atoms with Gasteiger partial charge in [-0.3, -0.25) is 0 Å². The molecule has 6 heteroatoms. The fraction of sp³-hybridized carbons (Fsp3) is 0. The summed E-state index contributed by atoms with van der Waals surface area (Å²) in [6.45, 7) is 0. The Morgan fingerprint density at radius 3 is 2.64 bits per heavy atom. The van der Waals surface area contributed by atoms with E-state index >= 15 is 0 Å². The van der Waals surface area contributed by atoms with Crippen LogP contribution in [0, 0.1) is 5.82 Å².